The Hall–Kier alpha value is -3.46. The number of hydrogen-bond acceptors (Lipinski definition) is 6. The predicted octanol–water partition coefficient (Wildman–Crippen LogP) is 3.70. The molecule has 2 amide bonds. The molecule has 3 heterocycles. The summed E-state index contributed by atoms with van der Waals surface area (Å²) in [5, 5.41) is 8.17. The summed E-state index contributed by atoms with van der Waals surface area (Å²) in [6.45, 7) is 1.37. The fourth-order valence-electron chi connectivity index (χ4n) is 5.45. The van der Waals surface area contributed by atoms with Crippen molar-refractivity contribution in [3.63, 3.8) is 0 Å². The number of benzene rings is 1. The average molecular weight is 496 g/mol. The van der Waals surface area contributed by atoms with Crippen LogP contribution in [-0.2, 0) is 16.1 Å². The van der Waals surface area contributed by atoms with Crippen molar-refractivity contribution in [2.75, 3.05) is 12.4 Å². The van der Waals surface area contributed by atoms with Gasteiger partial charge >= 0.3 is 0 Å². The van der Waals surface area contributed by atoms with Crippen LogP contribution in [0.1, 0.15) is 43.1 Å². The van der Waals surface area contributed by atoms with Crippen LogP contribution in [0.4, 0.5) is 5.82 Å². The molecule has 3 atom stereocenters. The van der Waals surface area contributed by atoms with E-state index in [1.807, 2.05) is 0 Å². The molecule has 2 aromatic heterocycles. The largest absolute Gasteiger partial charge is 0.497 e. The SMILES string of the molecule is COc1ccc2c(c1)c(C(C)=O)nn2CC(=O)N1[C@H](C(=O)Nc2cccc(Cl)n2)C[C@@H]2CCC[C@@H]21. The number of methoxy groups -OCH3 is 1. The van der Waals surface area contributed by atoms with Crippen LogP contribution in [0.15, 0.2) is 36.4 Å². The van der Waals surface area contributed by atoms with Crippen LogP contribution in [0.5, 0.6) is 5.75 Å². The van der Waals surface area contributed by atoms with E-state index < -0.39 is 6.04 Å². The van der Waals surface area contributed by atoms with Crippen molar-refractivity contribution in [2.45, 2.75) is 51.2 Å². The van der Waals surface area contributed by atoms with Crippen LogP contribution >= 0.6 is 11.6 Å². The number of halogens is 1. The summed E-state index contributed by atoms with van der Waals surface area (Å²) < 4.78 is 6.84. The molecule has 1 aromatic carbocycles. The minimum Gasteiger partial charge on any atom is -0.497 e. The van der Waals surface area contributed by atoms with E-state index in [1.54, 1.807) is 53.1 Å². The summed E-state index contributed by atoms with van der Waals surface area (Å²) in [4.78, 5) is 45.0. The topological polar surface area (TPSA) is 106 Å². The maximum atomic E-state index is 13.7. The van der Waals surface area contributed by atoms with Crippen molar-refractivity contribution in [3.8, 4) is 5.75 Å². The Morgan fingerprint density at radius 3 is 2.77 bits per heavy atom. The van der Waals surface area contributed by atoms with Gasteiger partial charge in [0.2, 0.25) is 11.8 Å². The number of nitrogens with zero attached hydrogens (tertiary/aromatic N) is 4. The van der Waals surface area contributed by atoms with E-state index in [-0.39, 0.29) is 46.9 Å². The van der Waals surface area contributed by atoms with Gasteiger partial charge in [-0.3, -0.25) is 19.1 Å². The van der Waals surface area contributed by atoms with Gasteiger partial charge in [-0.05, 0) is 55.5 Å². The number of aromatic nitrogens is 3. The highest BCUT2D eigenvalue weighted by molar-refractivity contribution is 6.29. The van der Waals surface area contributed by atoms with Crippen LogP contribution in [-0.4, -0.2) is 56.5 Å². The Morgan fingerprint density at radius 1 is 1.20 bits per heavy atom. The Labute approximate surface area is 207 Å². The molecule has 1 aliphatic heterocycles. The van der Waals surface area contributed by atoms with E-state index in [4.69, 9.17) is 16.3 Å². The zero-order chi connectivity index (χ0) is 24.7. The molecular formula is C25H26ClN5O4. The summed E-state index contributed by atoms with van der Waals surface area (Å²) in [7, 11) is 1.55. The zero-order valence-corrected chi connectivity index (χ0v) is 20.3. The van der Waals surface area contributed by atoms with E-state index in [0.717, 1.165) is 19.3 Å². The second-order valence-electron chi connectivity index (χ2n) is 9.09. The van der Waals surface area contributed by atoms with E-state index in [9.17, 15) is 14.4 Å². The number of amides is 2. The first-order valence-electron chi connectivity index (χ1n) is 11.7. The van der Waals surface area contributed by atoms with Gasteiger partial charge in [0.1, 0.15) is 35.0 Å². The van der Waals surface area contributed by atoms with Gasteiger partial charge in [-0.15, -0.1) is 0 Å². The number of rotatable bonds is 6. The molecule has 9 nitrogen and oxygen atoms in total. The number of pyridine rings is 1. The third-order valence-corrected chi connectivity index (χ3v) is 7.18. The summed E-state index contributed by atoms with van der Waals surface area (Å²) in [6.07, 6.45) is 3.50. The minimum absolute atomic E-state index is 0.0137. The Kier molecular flexibility index (Phi) is 6.19. The first-order chi connectivity index (χ1) is 16.9. The highest BCUT2D eigenvalue weighted by atomic mass is 35.5. The molecule has 3 aromatic rings. The number of likely N-dealkylation sites (tertiary alicyclic amines) is 1. The second-order valence-corrected chi connectivity index (χ2v) is 9.48. The molecule has 182 valence electrons. The number of carbonyl (C=O) groups is 3. The lowest BCUT2D eigenvalue weighted by atomic mass is 10.0. The molecule has 5 rings (SSSR count). The van der Waals surface area contributed by atoms with Crippen LogP contribution in [0.25, 0.3) is 10.9 Å². The van der Waals surface area contributed by atoms with Crippen LogP contribution in [0, 0.1) is 5.92 Å². The maximum absolute atomic E-state index is 13.7. The molecule has 1 saturated heterocycles. The lowest BCUT2D eigenvalue weighted by Crippen LogP contribution is -2.48. The quantitative estimate of drug-likeness (QED) is 0.413. The van der Waals surface area contributed by atoms with Crippen molar-refractivity contribution in [1.29, 1.82) is 0 Å². The van der Waals surface area contributed by atoms with Crippen molar-refractivity contribution in [1.82, 2.24) is 19.7 Å². The van der Waals surface area contributed by atoms with Gasteiger partial charge in [-0.25, -0.2) is 4.98 Å². The standard InChI is InChI=1S/C25H26ClN5O4/c1-14(32)24-17-12-16(35-2)9-10-19(17)30(29-24)13-23(33)31-18-6-3-5-15(18)11-20(31)25(34)28-22-8-4-7-21(26)27-22/h4,7-10,12,15,18,20H,3,5-6,11,13H2,1-2H3,(H,27,28,34)/t15-,18-,20-/m0/s1. The van der Waals surface area contributed by atoms with E-state index in [0.29, 0.717) is 28.9 Å². The first-order valence-corrected chi connectivity index (χ1v) is 12.0. The fraction of sp³-hybridized carbons (Fsp3) is 0.400. The minimum atomic E-state index is -0.604. The van der Waals surface area contributed by atoms with Crippen molar-refractivity contribution in [2.24, 2.45) is 5.92 Å². The molecule has 0 radical (unpaired) electrons. The Morgan fingerprint density at radius 2 is 2.03 bits per heavy atom. The number of ketones is 1. The number of ether oxygens (including phenoxy) is 1. The van der Waals surface area contributed by atoms with Gasteiger partial charge in [0.05, 0.1) is 12.6 Å². The Balaban J connectivity index is 1.43. The van der Waals surface area contributed by atoms with E-state index in [1.165, 1.54) is 6.92 Å². The summed E-state index contributed by atoms with van der Waals surface area (Å²) in [5.74, 6) is 0.567. The van der Waals surface area contributed by atoms with Crippen molar-refractivity contribution in [3.05, 3.63) is 47.2 Å². The lowest BCUT2D eigenvalue weighted by Gasteiger charge is -2.29. The van der Waals surface area contributed by atoms with Crippen molar-refractivity contribution >= 4 is 45.9 Å². The van der Waals surface area contributed by atoms with Crippen LogP contribution < -0.4 is 10.1 Å². The average Bonchev–Trinajstić information content (AvgIpc) is 3.51. The van der Waals surface area contributed by atoms with E-state index >= 15 is 0 Å². The normalized spacial score (nSPS) is 21.2. The molecule has 1 aliphatic carbocycles. The molecule has 2 fully saturated rings. The number of anilines is 1. The monoisotopic (exact) mass is 495 g/mol. The number of carbonyl (C=O) groups excluding carboxylic acids is 3. The van der Waals surface area contributed by atoms with Gasteiger partial charge in [0.15, 0.2) is 5.78 Å². The second kappa shape index (κ2) is 9.30. The summed E-state index contributed by atoms with van der Waals surface area (Å²) in [6, 6.07) is 9.72. The molecule has 0 spiro atoms. The third kappa shape index (κ3) is 4.36. The molecule has 1 saturated carbocycles. The molecule has 2 aliphatic rings. The van der Waals surface area contributed by atoms with Gasteiger partial charge < -0.3 is 15.0 Å². The maximum Gasteiger partial charge on any atom is 0.248 e. The van der Waals surface area contributed by atoms with Crippen molar-refractivity contribution < 1.29 is 19.1 Å². The van der Waals surface area contributed by atoms with Gasteiger partial charge in [-0.2, -0.15) is 5.10 Å². The zero-order valence-electron chi connectivity index (χ0n) is 19.5. The Bertz CT molecular complexity index is 1320. The van der Waals surface area contributed by atoms with Gasteiger partial charge in [-0.1, -0.05) is 24.1 Å². The fourth-order valence-corrected chi connectivity index (χ4v) is 5.61. The molecule has 35 heavy (non-hydrogen) atoms. The molecule has 1 N–H and O–H groups in total. The molecule has 10 heteroatoms. The lowest BCUT2D eigenvalue weighted by molar-refractivity contribution is -0.139. The van der Waals surface area contributed by atoms with Crippen LogP contribution in [0.3, 0.4) is 0 Å². The molecular weight excluding hydrogens is 470 g/mol. The number of hydrogen-bond donors (Lipinski definition) is 1. The van der Waals surface area contributed by atoms with E-state index in [2.05, 4.69) is 15.4 Å². The van der Waals surface area contributed by atoms with Gasteiger partial charge in [0, 0.05) is 18.4 Å². The number of nitrogens with one attached hydrogen (secondary N) is 1. The van der Waals surface area contributed by atoms with Crippen LogP contribution in [0.2, 0.25) is 5.15 Å². The first kappa shape index (κ1) is 23.3. The predicted molar refractivity (Wildman–Crippen MR) is 131 cm³/mol. The highest BCUT2D eigenvalue weighted by Gasteiger charge is 2.48. The smallest absolute Gasteiger partial charge is 0.248 e. The van der Waals surface area contributed by atoms with Gasteiger partial charge in [0.25, 0.3) is 0 Å². The number of Topliss-reactive ketones (excluding diaryl/α,β-unsaturated/α-hetero) is 1. The highest BCUT2D eigenvalue weighted by Crippen LogP contribution is 2.42. The summed E-state index contributed by atoms with van der Waals surface area (Å²) >= 11 is 5.96. The third-order valence-electron chi connectivity index (χ3n) is 6.97. The number of fused-ring (bicyclic) bond motifs is 2. The summed E-state index contributed by atoms with van der Waals surface area (Å²) in [5.41, 5.74) is 0.948. The molecule has 0 unspecified atom stereocenters. The molecule has 0 bridgehead atoms.